The van der Waals surface area contributed by atoms with Crippen molar-refractivity contribution in [3.8, 4) is 0 Å². The summed E-state index contributed by atoms with van der Waals surface area (Å²) < 4.78 is 40.1. The van der Waals surface area contributed by atoms with Gasteiger partial charge in [-0.3, -0.25) is 9.10 Å². The van der Waals surface area contributed by atoms with Gasteiger partial charge >= 0.3 is 0 Å². The Labute approximate surface area is 172 Å². The molecule has 2 aromatic carbocycles. The van der Waals surface area contributed by atoms with E-state index in [1.54, 1.807) is 13.0 Å². The average Bonchev–Trinajstić information content (AvgIpc) is 3.13. The van der Waals surface area contributed by atoms with E-state index < -0.39 is 27.8 Å². The van der Waals surface area contributed by atoms with E-state index in [-0.39, 0.29) is 18.2 Å². The first kappa shape index (κ1) is 21.3. The molecule has 0 spiro atoms. The van der Waals surface area contributed by atoms with Crippen molar-refractivity contribution >= 4 is 21.6 Å². The summed E-state index contributed by atoms with van der Waals surface area (Å²) in [7, 11) is -3.87. The van der Waals surface area contributed by atoms with Gasteiger partial charge in [-0.25, -0.2) is 12.8 Å². The van der Waals surface area contributed by atoms with Crippen LogP contribution >= 0.6 is 0 Å². The van der Waals surface area contributed by atoms with Crippen LogP contribution < -0.4 is 9.62 Å². The maximum atomic E-state index is 14.3. The average molecular weight is 419 g/mol. The van der Waals surface area contributed by atoms with E-state index in [1.165, 1.54) is 29.3 Å². The van der Waals surface area contributed by atoms with Crippen LogP contribution in [0.15, 0.2) is 42.5 Å². The maximum Gasteiger partial charge on any atom is 0.244 e. The Balaban J connectivity index is 1.85. The fourth-order valence-corrected chi connectivity index (χ4v) is 5.13. The molecular formula is C22H27FN2O3S. The number of hydrogen-bond acceptors (Lipinski definition) is 3. The number of amides is 1. The fourth-order valence-electron chi connectivity index (χ4n) is 3.92. The van der Waals surface area contributed by atoms with Crippen LogP contribution in [-0.2, 0) is 27.7 Å². The van der Waals surface area contributed by atoms with Crippen molar-refractivity contribution in [2.24, 2.45) is 0 Å². The van der Waals surface area contributed by atoms with E-state index in [1.807, 2.05) is 13.0 Å². The number of carbonyl (C=O) groups excluding carboxylic acids is 1. The molecule has 3 rings (SSSR count). The Bertz CT molecular complexity index is 1010. The van der Waals surface area contributed by atoms with Gasteiger partial charge in [0.15, 0.2) is 0 Å². The van der Waals surface area contributed by atoms with Crippen LogP contribution in [-0.4, -0.2) is 26.6 Å². The summed E-state index contributed by atoms with van der Waals surface area (Å²) in [5.74, 6) is -1.13. The predicted octanol–water partition coefficient (Wildman–Crippen LogP) is 3.74. The molecule has 2 aromatic rings. The normalized spacial score (nSPS) is 15.4. The highest BCUT2D eigenvalue weighted by Gasteiger charge is 2.33. The van der Waals surface area contributed by atoms with Crippen LogP contribution in [0.25, 0.3) is 0 Å². The SMILES string of the molecule is CCC(C(=O)NC(C)c1ccc2c(c1)CCC2)N(c1ccccc1F)S(C)(=O)=O. The minimum atomic E-state index is -3.87. The number of anilines is 1. The zero-order valence-electron chi connectivity index (χ0n) is 17.0. The Morgan fingerprint density at radius 3 is 2.52 bits per heavy atom. The number of benzene rings is 2. The van der Waals surface area contributed by atoms with Crippen molar-refractivity contribution in [2.45, 2.75) is 51.6 Å². The molecule has 0 aliphatic heterocycles. The first-order chi connectivity index (χ1) is 13.7. The smallest absolute Gasteiger partial charge is 0.244 e. The lowest BCUT2D eigenvalue weighted by Crippen LogP contribution is -2.50. The molecule has 156 valence electrons. The Morgan fingerprint density at radius 2 is 1.86 bits per heavy atom. The molecule has 0 bridgehead atoms. The second kappa shape index (κ2) is 8.53. The number of carbonyl (C=O) groups is 1. The van der Waals surface area contributed by atoms with E-state index in [0.717, 1.165) is 35.4 Å². The molecule has 0 fully saturated rings. The minimum Gasteiger partial charge on any atom is -0.348 e. The molecule has 1 amide bonds. The molecule has 0 heterocycles. The number of nitrogens with one attached hydrogen (secondary N) is 1. The van der Waals surface area contributed by atoms with Gasteiger partial charge in [-0.1, -0.05) is 37.3 Å². The fraction of sp³-hybridized carbons (Fsp3) is 0.409. The second-order valence-electron chi connectivity index (χ2n) is 7.55. The summed E-state index contributed by atoms with van der Waals surface area (Å²) in [6, 6.07) is 10.5. The van der Waals surface area contributed by atoms with Gasteiger partial charge in [-0.05, 0) is 61.4 Å². The number of halogens is 1. The zero-order valence-corrected chi connectivity index (χ0v) is 17.8. The van der Waals surface area contributed by atoms with E-state index in [4.69, 9.17) is 0 Å². The summed E-state index contributed by atoms with van der Waals surface area (Å²) in [6.07, 6.45) is 4.46. The summed E-state index contributed by atoms with van der Waals surface area (Å²) in [5.41, 5.74) is 3.51. The third kappa shape index (κ3) is 4.61. The summed E-state index contributed by atoms with van der Waals surface area (Å²) >= 11 is 0. The molecule has 0 radical (unpaired) electrons. The van der Waals surface area contributed by atoms with Crippen molar-refractivity contribution in [2.75, 3.05) is 10.6 Å². The summed E-state index contributed by atoms with van der Waals surface area (Å²) in [6.45, 7) is 3.58. The van der Waals surface area contributed by atoms with Crippen LogP contribution in [0.4, 0.5) is 10.1 Å². The van der Waals surface area contributed by atoms with Crippen LogP contribution in [0.1, 0.15) is 49.4 Å². The quantitative estimate of drug-likeness (QED) is 0.745. The first-order valence-electron chi connectivity index (χ1n) is 9.88. The molecular weight excluding hydrogens is 391 g/mol. The van der Waals surface area contributed by atoms with Gasteiger partial charge in [0.1, 0.15) is 11.9 Å². The number of rotatable bonds is 7. The molecule has 2 unspecified atom stereocenters. The third-order valence-corrected chi connectivity index (χ3v) is 6.57. The van der Waals surface area contributed by atoms with Crippen LogP contribution in [0, 0.1) is 5.82 Å². The van der Waals surface area contributed by atoms with Gasteiger partial charge in [0, 0.05) is 0 Å². The molecule has 29 heavy (non-hydrogen) atoms. The Kier molecular flexibility index (Phi) is 6.27. The number of para-hydroxylation sites is 1. The van der Waals surface area contributed by atoms with Crippen molar-refractivity contribution in [1.29, 1.82) is 0 Å². The highest BCUT2D eigenvalue weighted by molar-refractivity contribution is 7.92. The number of fused-ring (bicyclic) bond motifs is 1. The molecule has 7 heteroatoms. The summed E-state index contributed by atoms with van der Waals surface area (Å²) in [5, 5.41) is 2.91. The summed E-state index contributed by atoms with van der Waals surface area (Å²) in [4.78, 5) is 13.0. The van der Waals surface area contributed by atoms with Crippen molar-refractivity contribution < 1.29 is 17.6 Å². The molecule has 2 atom stereocenters. The van der Waals surface area contributed by atoms with Gasteiger partial charge in [-0.2, -0.15) is 0 Å². The number of sulfonamides is 1. The maximum absolute atomic E-state index is 14.3. The third-order valence-electron chi connectivity index (χ3n) is 5.40. The molecule has 0 saturated carbocycles. The number of aryl methyl sites for hydroxylation is 2. The lowest BCUT2D eigenvalue weighted by Gasteiger charge is -2.31. The van der Waals surface area contributed by atoms with E-state index in [9.17, 15) is 17.6 Å². The highest BCUT2D eigenvalue weighted by atomic mass is 32.2. The van der Waals surface area contributed by atoms with Crippen molar-refractivity contribution in [3.63, 3.8) is 0 Å². The lowest BCUT2D eigenvalue weighted by atomic mass is 10.0. The van der Waals surface area contributed by atoms with Crippen LogP contribution in [0.3, 0.4) is 0 Å². The Hall–Kier alpha value is -2.41. The molecule has 5 nitrogen and oxygen atoms in total. The largest absolute Gasteiger partial charge is 0.348 e. The minimum absolute atomic E-state index is 0.123. The lowest BCUT2D eigenvalue weighted by molar-refractivity contribution is -0.122. The first-order valence-corrected chi connectivity index (χ1v) is 11.7. The molecule has 0 aromatic heterocycles. The van der Waals surface area contributed by atoms with Gasteiger partial charge in [0.25, 0.3) is 0 Å². The van der Waals surface area contributed by atoms with E-state index in [2.05, 4.69) is 17.4 Å². The predicted molar refractivity (Wildman–Crippen MR) is 113 cm³/mol. The van der Waals surface area contributed by atoms with E-state index >= 15 is 0 Å². The van der Waals surface area contributed by atoms with Gasteiger partial charge in [0.05, 0.1) is 18.0 Å². The molecule has 0 saturated heterocycles. The standard InChI is InChI=1S/C22H27FN2O3S/c1-4-20(25(29(3,27)28)21-11-6-5-10-19(21)23)22(26)24-15(2)17-13-12-16-8-7-9-18(16)14-17/h5-6,10-15,20H,4,7-9H2,1-3H3,(H,24,26). The molecule has 1 aliphatic carbocycles. The molecule has 1 aliphatic rings. The van der Waals surface area contributed by atoms with Gasteiger partial charge in [0.2, 0.25) is 15.9 Å². The number of hydrogen-bond donors (Lipinski definition) is 1. The van der Waals surface area contributed by atoms with E-state index in [0.29, 0.717) is 0 Å². The van der Waals surface area contributed by atoms with Crippen LogP contribution in [0.5, 0.6) is 0 Å². The monoisotopic (exact) mass is 418 g/mol. The van der Waals surface area contributed by atoms with Crippen molar-refractivity contribution in [3.05, 3.63) is 65.0 Å². The zero-order chi connectivity index (χ0) is 21.2. The Morgan fingerprint density at radius 1 is 1.17 bits per heavy atom. The van der Waals surface area contributed by atoms with Gasteiger partial charge < -0.3 is 5.32 Å². The topological polar surface area (TPSA) is 66.5 Å². The van der Waals surface area contributed by atoms with Gasteiger partial charge in [-0.15, -0.1) is 0 Å². The second-order valence-corrected chi connectivity index (χ2v) is 9.41. The number of nitrogens with zero attached hydrogens (tertiary/aromatic N) is 1. The van der Waals surface area contributed by atoms with Crippen molar-refractivity contribution in [1.82, 2.24) is 5.32 Å². The molecule has 1 N–H and O–H groups in total. The van der Waals surface area contributed by atoms with Crippen LogP contribution in [0.2, 0.25) is 0 Å². The highest BCUT2D eigenvalue weighted by Crippen LogP contribution is 2.27.